The van der Waals surface area contributed by atoms with Crippen LogP contribution in [0.2, 0.25) is 0 Å². The second-order valence-corrected chi connectivity index (χ2v) is 5.34. The molecule has 2 aromatic rings. The molecule has 0 bridgehead atoms. The molecule has 0 fully saturated rings. The number of hydrogen-bond donors (Lipinski definition) is 2. The Morgan fingerprint density at radius 3 is 2.87 bits per heavy atom. The summed E-state index contributed by atoms with van der Waals surface area (Å²) in [6, 6.07) is 15.5. The number of hydrogen-bond acceptors (Lipinski definition) is 4. The van der Waals surface area contributed by atoms with Gasteiger partial charge in [0.25, 0.3) is 0 Å². The first-order valence-electron chi connectivity index (χ1n) is 7.87. The van der Waals surface area contributed by atoms with Gasteiger partial charge < -0.3 is 20.3 Å². The van der Waals surface area contributed by atoms with Gasteiger partial charge in [0.05, 0.1) is 30.2 Å². The van der Waals surface area contributed by atoms with E-state index < -0.39 is 0 Å². The lowest BCUT2D eigenvalue weighted by molar-refractivity contribution is -0.115. The minimum atomic E-state index is -0.0474. The quantitative estimate of drug-likeness (QED) is 0.891. The van der Waals surface area contributed by atoms with E-state index in [0.717, 1.165) is 24.5 Å². The van der Waals surface area contributed by atoms with Gasteiger partial charge in [-0.25, -0.2) is 0 Å². The van der Waals surface area contributed by atoms with Gasteiger partial charge in [0, 0.05) is 13.1 Å². The van der Waals surface area contributed by atoms with Crippen LogP contribution < -0.4 is 20.3 Å². The van der Waals surface area contributed by atoms with E-state index in [1.165, 1.54) is 0 Å². The fourth-order valence-corrected chi connectivity index (χ4v) is 2.72. The van der Waals surface area contributed by atoms with Crippen LogP contribution in [-0.2, 0) is 4.79 Å². The number of nitrogens with one attached hydrogen (secondary N) is 2. The first-order chi connectivity index (χ1) is 11.3. The highest BCUT2D eigenvalue weighted by Gasteiger charge is 2.18. The molecular weight excluding hydrogens is 290 g/mol. The lowest BCUT2D eigenvalue weighted by atomic mass is 10.2. The van der Waals surface area contributed by atoms with Crippen molar-refractivity contribution in [1.29, 1.82) is 0 Å². The van der Waals surface area contributed by atoms with E-state index in [4.69, 9.17) is 4.74 Å². The standard InChI is InChI=1S/C18H21N3O2/c1-2-23-17-10-6-4-8-15(17)20-18(22)13-21-12-11-19-14-7-3-5-9-16(14)21/h3-10,19H,2,11-13H2,1H3,(H,20,22). The van der Waals surface area contributed by atoms with Gasteiger partial charge in [-0.3, -0.25) is 4.79 Å². The van der Waals surface area contributed by atoms with Crippen LogP contribution >= 0.6 is 0 Å². The molecular formula is C18H21N3O2. The summed E-state index contributed by atoms with van der Waals surface area (Å²) in [7, 11) is 0. The predicted molar refractivity (Wildman–Crippen MR) is 93.4 cm³/mol. The number of benzene rings is 2. The summed E-state index contributed by atoms with van der Waals surface area (Å²) in [6.07, 6.45) is 0. The second kappa shape index (κ2) is 7.05. The number of anilines is 3. The molecule has 23 heavy (non-hydrogen) atoms. The summed E-state index contributed by atoms with van der Waals surface area (Å²) >= 11 is 0. The molecule has 0 saturated heterocycles. The Balaban J connectivity index is 1.69. The molecule has 0 unspecified atom stereocenters. The minimum Gasteiger partial charge on any atom is -0.492 e. The molecule has 0 saturated carbocycles. The fourth-order valence-electron chi connectivity index (χ4n) is 2.72. The first kappa shape index (κ1) is 15.2. The Morgan fingerprint density at radius 2 is 2.00 bits per heavy atom. The molecule has 0 spiro atoms. The van der Waals surface area contributed by atoms with Crippen molar-refractivity contribution in [2.75, 3.05) is 41.8 Å². The molecule has 5 heteroatoms. The van der Waals surface area contributed by atoms with Crippen molar-refractivity contribution in [3.05, 3.63) is 48.5 Å². The maximum atomic E-state index is 12.4. The smallest absolute Gasteiger partial charge is 0.243 e. The van der Waals surface area contributed by atoms with Crippen molar-refractivity contribution in [1.82, 2.24) is 0 Å². The van der Waals surface area contributed by atoms with Crippen LogP contribution in [0.5, 0.6) is 5.75 Å². The summed E-state index contributed by atoms with van der Waals surface area (Å²) in [6.45, 7) is 4.45. The number of rotatable bonds is 5. The van der Waals surface area contributed by atoms with Crippen LogP contribution in [0.4, 0.5) is 17.1 Å². The maximum Gasteiger partial charge on any atom is 0.243 e. The van der Waals surface area contributed by atoms with Crippen molar-refractivity contribution in [2.24, 2.45) is 0 Å². The Kier molecular flexibility index (Phi) is 4.66. The van der Waals surface area contributed by atoms with Gasteiger partial charge in [0.2, 0.25) is 5.91 Å². The average molecular weight is 311 g/mol. The van der Waals surface area contributed by atoms with Gasteiger partial charge >= 0.3 is 0 Å². The van der Waals surface area contributed by atoms with Crippen molar-refractivity contribution in [2.45, 2.75) is 6.92 Å². The van der Waals surface area contributed by atoms with E-state index in [1.807, 2.05) is 55.5 Å². The lowest BCUT2D eigenvalue weighted by Crippen LogP contribution is -2.39. The van der Waals surface area contributed by atoms with Gasteiger partial charge in [-0.1, -0.05) is 24.3 Å². The number of nitrogens with zero attached hydrogens (tertiary/aromatic N) is 1. The number of carbonyl (C=O) groups excluding carboxylic acids is 1. The number of amides is 1. The Labute approximate surface area is 136 Å². The molecule has 0 radical (unpaired) electrons. The second-order valence-electron chi connectivity index (χ2n) is 5.34. The van der Waals surface area contributed by atoms with Crippen LogP contribution in [0.15, 0.2) is 48.5 Å². The van der Waals surface area contributed by atoms with E-state index >= 15 is 0 Å². The monoisotopic (exact) mass is 311 g/mol. The zero-order valence-electron chi connectivity index (χ0n) is 13.2. The normalized spacial score (nSPS) is 13.0. The van der Waals surface area contributed by atoms with Gasteiger partial charge in [0.1, 0.15) is 5.75 Å². The molecule has 0 atom stereocenters. The molecule has 1 amide bonds. The summed E-state index contributed by atoms with van der Waals surface area (Å²) < 4.78 is 5.55. The van der Waals surface area contributed by atoms with E-state index in [-0.39, 0.29) is 5.91 Å². The summed E-state index contributed by atoms with van der Waals surface area (Å²) in [5.74, 6) is 0.651. The van der Waals surface area contributed by atoms with E-state index in [0.29, 0.717) is 24.6 Å². The SMILES string of the molecule is CCOc1ccccc1NC(=O)CN1CCNc2ccccc21. The fraction of sp³-hybridized carbons (Fsp3) is 0.278. The number of fused-ring (bicyclic) bond motifs is 1. The average Bonchev–Trinajstić information content (AvgIpc) is 2.57. The highest BCUT2D eigenvalue weighted by molar-refractivity contribution is 5.96. The summed E-state index contributed by atoms with van der Waals surface area (Å²) in [4.78, 5) is 14.5. The minimum absolute atomic E-state index is 0.0474. The van der Waals surface area contributed by atoms with Crippen molar-refractivity contribution >= 4 is 23.0 Å². The van der Waals surface area contributed by atoms with Crippen LogP contribution in [0.25, 0.3) is 0 Å². The molecule has 5 nitrogen and oxygen atoms in total. The van der Waals surface area contributed by atoms with E-state index in [2.05, 4.69) is 15.5 Å². The topological polar surface area (TPSA) is 53.6 Å². The highest BCUT2D eigenvalue weighted by Crippen LogP contribution is 2.28. The highest BCUT2D eigenvalue weighted by atomic mass is 16.5. The maximum absolute atomic E-state index is 12.4. The van der Waals surface area contributed by atoms with Gasteiger partial charge in [-0.15, -0.1) is 0 Å². The van der Waals surface area contributed by atoms with Gasteiger partial charge in [-0.05, 0) is 31.2 Å². The van der Waals surface area contributed by atoms with Gasteiger partial charge in [-0.2, -0.15) is 0 Å². The van der Waals surface area contributed by atoms with Crippen LogP contribution in [0.1, 0.15) is 6.92 Å². The van der Waals surface area contributed by atoms with Gasteiger partial charge in [0.15, 0.2) is 0 Å². The molecule has 1 aliphatic heterocycles. The third kappa shape index (κ3) is 3.56. The number of carbonyl (C=O) groups is 1. The van der Waals surface area contributed by atoms with Crippen LogP contribution in [0.3, 0.4) is 0 Å². The molecule has 2 aromatic carbocycles. The molecule has 3 rings (SSSR count). The van der Waals surface area contributed by atoms with Crippen LogP contribution in [0, 0.1) is 0 Å². The Bertz CT molecular complexity index is 687. The largest absolute Gasteiger partial charge is 0.492 e. The third-order valence-corrected chi connectivity index (χ3v) is 3.74. The molecule has 0 aliphatic carbocycles. The van der Waals surface area contributed by atoms with Crippen molar-refractivity contribution < 1.29 is 9.53 Å². The lowest BCUT2D eigenvalue weighted by Gasteiger charge is -2.31. The third-order valence-electron chi connectivity index (χ3n) is 3.74. The zero-order chi connectivity index (χ0) is 16.1. The Morgan fingerprint density at radius 1 is 1.22 bits per heavy atom. The summed E-state index contributed by atoms with van der Waals surface area (Å²) in [5, 5.41) is 6.30. The molecule has 0 aromatic heterocycles. The number of ether oxygens (including phenoxy) is 1. The predicted octanol–water partition coefficient (Wildman–Crippen LogP) is 2.96. The Hall–Kier alpha value is -2.69. The van der Waals surface area contributed by atoms with Crippen LogP contribution in [-0.4, -0.2) is 32.1 Å². The van der Waals surface area contributed by atoms with Crippen molar-refractivity contribution in [3.8, 4) is 5.75 Å². The first-order valence-corrected chi connectivity index (χ1v) is 7.87. The number of para-hydroxylation sites is 4. The summed E-state index contributed by atoms with van der Waals surface area (Å²) in [5.41, 5.74) is 2.84. The molecule has 1 heterocycles. The molecule has 120 valence electrons. The zero-order valence-corrected chi connectivity index (χ0v) is 13.2. The molecule has 2 N–H and O–H groups in total. The van der Waals surface area contributed by atoms with E-state index in [9.17, 15) is 4.79 Å². The van der Waals surface area contributed by atoms with E-state index in [1.54, 1.807) is 0 Å². The van der Waals surface area contributed by atoms with Crippen molar-refractivity contribution in [3.63, 3.8) is 0 Å². The molecule has 1 aliphatic rings.